The Kier molecular flexibility index (Phi) is 4.95. The second-order valence-electron chi connectivity index (χ2n) is 4.82. The number of rotatable bonds is 6. The number of nitrogens with one attached hydrogen (secondary N) is 1. The lowest BCUT2D eigenvalue weighted by Crippen LogP contribution is -2.22. The van der Waals surface area contributed by atoms with Gasteiger partial charge in [-0.2, -0.15) is 0 Å². The molecule has 0 amide bonds. The SMILES string of the molecule is Cc1cncc(CNCCOC2CCCC2)c1. The number of hydrogen-bond acceptors (Lipinski definition) is 3. The van der Waals surface area contributed by atoms with Crippen LogP contribution in [0, 0.1) is 6.92 Å². The van der Waals surface area contributed by atoms with Crippen molar-refractivity contribution in [2.45, 2.75) is 45.3 Å². The fourth-order valence-electron chi connectivity index (χ4n) is 2.30. The molecule has 1 aromatic heterocycles. The van der Waals surface area contributed by atoms with Crippen molar-refractivity contribution in [1.82, 2.24) is 10.3 Å². The first-order valence-corrected chi connectivity index (χ1v) is 6.57. The van der Waals surface area contributed by atoms with Crippen molar-refractivity contribution in [3.8, 4) is 0 Å². The Morgan fingerprint density at radius 1 is 1.35 bits per heavy atom. The van der Waals surface area contributed by atoms with Gasteiger partial charge in [0, 0.05) is 25.5 Å². The molecule has 3 nitrogen and oxygen atoms in total. The molecule has 1 heterocycles. The molecule has 1 fully saturated rings. The molecule has 2 rings (SSSR count). The largest absolute Gasteiger partial charge is 0.377 e. The number of pyridine rings is 1. The summed E-state index contributed by atoms with van der Waals surface area (Å²) < 4.78 is 5.79. The molecular formula is C14H22N2O. The molecular weight excluding hydrogens is 212 g/mol. The van der Waals surface area contributed by atoms with Crippen molar-refractivity contribution in [3.63, 3.8) is 0 Å². The van der Waals surface area contributed by atoms with Crippen molar-refractivity contribution in [1.29, 1.82) is 0 Å². The lowest BCUT2D eigenvalue weighted by molar-refractivity contribution is 0.0602. The second-order valence-corrected chi connectivity index (χ2v) is 4.82. The van der Waals surface area contributed by atoms with Gasteiger partial charge < -0.3 is 10.1 Å². The van der Waals surface area contributed by atoms with Crippen molar-refractivity contribution >= 4 is 0 Å². The Balaban J connectivity index is 1.56. The molecule has 17 heavy (non-hydrogen) atoms. The Labute approximate surface area is 104 Å². The maximum atomic E-state index is 5.79. The third-order valence-corrected chi connectivity index (χ3v) is 3.20. The van der Waals surface area contributed by atoms with E-state index < -0.39 is 0 Å². The van der Waals surface area contributed by atoms with Gasteiger partial charge in [0.05, 0.1) is 12.7 Å². The molecule has 1 aliphatic carbocycles. The van der Waals surface area contributed by atoms with E-state index in [-0.39, 0.29) is 0 Å². The minimum absolute atomic E-state index is 0.525. The first-order valence-electron chi connectivity index (χ1n) is 6.57. The van der Waals surface area contributed by atoms with Crippen molar-refractivity contribution < 1.29 is 4.74 Å². The summed E-state index contributed by atoms with van der Waals surface area (Å²) in [5, 5.41) is 3.39. The predicted octanol–water partition coefficient (Wildman–Crippen LogP) is 2.44. The average molecular weight is 234 g/mol. The molecule has 0 bridgehead atoms. The molecule has 0 aromatic carbocycles. The van der Waals surface area contributed by atoms with E-state index in [1.54, 1.807) is 0 Å². The van der Waals surface area contributed by atoms with Crippen LogP contribution in [0.4, 0.5) is 0 Å². The third kappa shape index (κ3) is 4.44. The number of nitrogens with zero attached hydrogens (tertiary/aromatic N) is 1. The van der Waals surface area contributed by atoms with Gasteiger partial charge in [0.25, 0.3) is 0 Å². The van der Waals surface area contributed by atoms with Crippen LogP contribution in [-0.4, -0.2) is 24.2 Å². The molecule has 1 saturated carbocycles. The van der Waals surface area contributed by atoms with E-state index in [0.29, 0.717) is 6.10 Å². The lowest BCUT2D eigenvalue weighted by atomic mass is 10.2. The van der Waals surface area contributed by atoms with Crippen LogP contribution in [0.1, 0.15) is 36.8 Å². The molecule has 1 aromatic rings. The fourth-order valence-corrected chi connectivity index (χ4v) is 2.30. The van der Waals surface area contributed by atoms with Gasteiger partial charge in [0.15, 0.2) is 0 Å². The highest BCUT2D eigenvalue weighted by atomic mass is 16.5. The fraction of sp³-hybridized carbons (Fsp3) is 0.643. The first-order chi connectivity index (χ1) is 8.34. The maximum Gasteiger partial charge on any atom is 0.0594 e. The molecule has 0 spiro atoms. The zero-order valence-corrected chi connectivity index (χ0v) is 10.6. The van der Waals surface area contributed by atoms with Crippen LogP contribution >= 0.6 is 0 Å². The standard InChI is InChI=1S/C14H22N2O/c1-12-8-13(11-16-9-12)10-15-6-7-17-14-4-2-3-5-14/h8-9,11,14-15H,2-7,10H2,1H3. The number of hydrogen-bond donors (Lipinski definition) is 1. The Morgan fingerprint density at radius 2 is 2.18 bits per heavy atom. The van der Waals surface area contributed by atoms with E-state index in [1.807, 2.05) is 12.4 Å². The predicted molar refractivity (Wildman–Crippen MR) is 68.9 cm³/mol. The summed E-state index contributed by atoms with van der Waals surface area (Å²) in [6, 6.07) is 2.16. The molecule has 1 aliphatic rings. The minimum atomic E-state index is 0.525. The van der Waals surface area contributed by atoms with Gasteiger partial charge in [-0.3, -0.25) is 4.98 Å². The van der Waals surface area contributed by atoms with E-state index in [2.05, 4.69) is 23.3 Å². The number of ether oxygens (including phenoxy) is 1. The summed E-state index contributed by atoms with van der Waals surface area (Å²) in [6.45, 7) is 4.69. The monoisotopic (exact) mass is 234 g/mol. The summed E-state index contributed by atoms with van der Waals surface area (Å²) in [5.41, 5.74) is 2.46. The highest BCUT2D eigenvalue weighted by Crippen LogP contribution is 2.20. The third-order valence-electron chi connectivity index (χ3n) is 3.20. The lowest BCUT2D eigenvalue weighted by Gasteiger charge is -2.11. The zero-order chi connectivity index (χ0) is 11.9. The van der Waals surface area contributed by atoms with Crippen molar-refractivity contribution in [2.75, 3.05) is 13.2 Å². The van der Waals surface area contributed by atoms with E-state index in [4.69, 9.17) is 4.74 Å². The highest BCUT2D eigenvalue weighted by Gasteiger charge is 2.14. The van der Waals surface area contributed by atoms with E-state index in [0.717, 1.165) is 19.7 Å². The summed E-state index contributed by atoms with van der Waals surface area (Å²) in [5.74, 6) is 0. The van der Waals surface area contributed by atoms with Gasteiger partial charge in [0.1, 0.15) is 0 Å². The smallest absolute Gasteiger partial charge is 0.0594 e. The van der Waals surface area contributed by atoms with Crippen LogP contribution in [0.25, 0.3) is 0 Å². The molecule has 0 radical (unpaired) electrons. The van der Waals surface area contributed by atoms with Gasteiger partial charge in [-0.15, -0.1) is 0 Å². The van der Waals surface area contributed by atoms with Gasteiger partial charge >= 0.3 is 0 Å². The van der Waals surface area contributed by atoms with Crippen LogP contribution in [0.5, 0.6) is 0 Å². The molecule has 1 N–H and O–H groups in total. The molecule has 0 saturated heterocycles. The average Bonchev–Trinajstić information content (AvgIpc) is 2.82. The Morgan fingerprint density at radius 3 is 2.94 bits per heavy atom. The van der Waals surface area contributed by atoms with E-state index >= 15 is 0 Å². The van der Waals surface area contributed by atoms with Crippen LogP contribution < -0.4 is 5.32 Å². The second kappa shape index (κ2) is 6.72. The molecule has 0 aliphatic heterocycles. The molecule has 0 atom stereocenters. The van der Waals surface area contributed by atoms with Crippen LogP contribution in [-0.2, 0) is 11.3 Å². The maximum absolute atomic E-state index is 5.79. The highest BCUT2D eigenvalue weighted by molar-refractivity contribution is 5.16. The quantitative estimate of drug-likeness (QED) is 0.768. The first kappa shape index (κ1) is 12.5. The van der Waals surface area contributed by atoms with Gasteiger partial charge in [0.2, 0.25) is 0 Å². The van der Waals surface area contributed by atoms with Gasteiger partial charge in [-0.05, 0) is 30.9 Å². The van der Waals surface area contributed by atoms with Crippen molar-refractivity contribution in [2.24, 2.45) is 0 Å². The zero-order valence-electron chi connectivity index (χ0n) is 10.6. The van der Waals surface area contributed by atoms with Gasteiger partial charge in [-0.25, -0.2) is 0 Å². The summed E-state index contributed by atoms with van der Waals surface area (Å²) in [7, 11) is 0. The molecule has 94 valence electrons. The Bertz CT molecular complexity index is 335. The topological polar surface area (TPSA) is 34.2 Å². The summed E-state index contributed by atoms with van der Waals surface area (Å²) >= 11 is 0. The van der Waals surface area contributed by atoms with Gasteiger partial charge in [-0.1, -0.05) is 18.9 Å². The number of aromatic nitrogens is 1. The number of aryl methyl sites for hydroxylation is 1. The Hall–Kier alpha value is -0.930. The summed E-state index contributed by atoms with van der Waals surface area (Å²) in [6.07, 6.45) is 9.51. The van der Waals surface area contributed by atoms with E-state index in [1.165, 1.54) is 36.8 Å². The minimum Gasteiger partial charge on any atom is -0.377 e. The van der Waals surface area contributed by atoms with Crippen LogP contribution in [0.2, 0.25) is 0 Å². The summed E-state index contributed by atoms with van der Waals surface area (Å²) in [4.78, 5) is 4.17. The van der Waals surface area contributed by atoms with E-state index in [9.17, 15) is 0 Å². The molecule has 3 heteroatoms. The molecule has 0 unspecified atom stereocenters. The van der Waals surface area contributed by atoms with Crippen LogP contribution in [0.15, 0.2) is 18.5 Å². The normalized spacial score (nSPS) is 16.5. The van der Waals surface area contributed by atoms with Crippen molar-refractivity contribution in [3.05, 3.63) is 29.6 Å². The van der Waals surface area contributed by atoms with Crippen LogP contribution in [0.3, 0.4) is 0 Å².